The van der Waals surface area contributed by atoms with E-state index >= 15 is 0 Å². The van der Waals surface area contributed by atoms with Gasteiger partial charge in [-0.25, -0.2) is 0 Å². The maximum absolute atomic E-state index is 13.4. The minimum Gasteiger partial charge on any atom is -0.493 e. The van der Waals surface area contributed by atoms with Crippen LogP contribution in [0.5, 0.6) is 28.7 Å². The highest BCUT2D eigenvalue weighted by molar-refractivity contribution is 5.96. The molecule has 0 aromatic heterocycles. The summed E-state index contributed by atoms with van der Waals surface area (Å²) in [6.45, 7) is 7.10. The van der Waals surface area contributed by atoms with Gasteiger partial charge in [-0.2, -0.15) is 0 Å². The summed E-state index contributed by atoms with van der Waals surface area (Å²) in [5.74, 6) is 3.00. The molecule has 7 nitrogen and oxygen atoms in total. The van der Waals surface area contributed by atoms with Crippen LogP contribution >= 0.6 is 0 Å². The number of rotatable bonds is 11. The molecule has 1 fully saturated rings. The number of amides is 1. The van der Waals surface area contributed by atoms with Crippen molar-refractivity contribution in [3.8, 4) is 28.7 Å². The van der Waals surface area contributed by atoms with Crippen LogP contribution in [0.2, 0.25) is 0 Å². The Bertz CT molecular complexity index is 933. The Labute approximate surface area is 202 Å². The molecule has 186 valence electrons. The highest BCUT2D eigenvalue weighted by Crippen LogP contribution is 2.40. The molecule has 2 atom stereocenters. The molecular formula is C27H37NO6. The van der Waals surface area contributed by atoms with Crippen molar-refractivity contribution in [2.75, 3.05) is 34.0 Å². The van der Waals surface area contributed by atoms with Crippen LogP contribution in [0.3, 0.4) is 0 Å². The molecule has 0 bridgehead atoms. The lowest BCUT2D eigenvalue weighted by Gasteiger charge is -2.33. The predicted octanol–water partition coefficient (Wildman–Crippen LogP) is 5.36. The molecule has 34 heavy (non-hydrogen) atoms. The Balaban J connectivity index is 1.88. The molecule has 0 heterocycles. The van der Waals surface area contributed by atoms with Crippen LogP contribution in [-0.2, 0) is 0 Å². The SMILES string of the molecule is CCOc1cc(C(=O)N[C@@H]2CCCC[C@@H]2c2ccc(OC)c(OC)c2)cc(OCC)c1OCC. The van der Waals surface area contributed by atoms with E-state index < -0.39 is 0 Å². The van der Waals surface area contributed by atoms with Crippen LogP contribution in [0.15, 0.2) is 30.3 Å². The second-order valence-electron chi connectivity index (χ2n) is 8.19. The zero-order valence-electron chi connectivity index (χ0n) is 20.9. The number of nitrogens with one attached hydrogen (secondary N) is 1. The quantitative estimate of drug-likeness (QED) is 0.476. The van der Waals surface area contributed by atoms with E-state index in [1.54, 1.807) is 26.4 Å². The summed E-state index contributed by atoms with van der Waals surface area (Å²) in [6, 6.07) is 9.49. The highest BCUT2D eigenvalue weighted by atomic mass is 16.5. The highest BCUT2D eigenvalue weighted by Gasteiger charge is 2.29. The third-order valence-corrected chi connectivity index (χ3v) is 6.09. The molecule has 0 radical (unpaired) electrons. The fraction of sp³-hybridized carbons (Fsp3) is 0.519. The molecule has 1 aliphatic carbocycles. The first-order chi connectivity index (χ1) is 16.6. The van der Waals surface area contributed by atoms with E-state index in [1.165, 1.54) is 0 Å². The van der Waals surface area contributed by atoms with Gasteiger partial charge in [0.25, 0.3) is 5.91 Å². The predicted molar refractivity (Wildman–Crippen MR) is 132 cm³/mol. The summed E-state index contributed by atoms with van der Waals surface area (Å²) in [6.07, 6.45) is 4.11. The molecule has 0 spiro atoms. The van der Waals surface area contributed by atoms with E-state index in [0.717, 1.165) is 31.2 Å². The van der Waals surface area contributed by atoms with Crippen molar-refractivity contribution in [3.63, 3.8) is 0 Å². The summed E-state index contributed by atoms with van der Waals surface area (Å²) in [5, 5.41) is 3.28. The second-order valence-corrected chi connectivity index (χ2v) is 8.19. The molecule has 1 saturated carbocycles. The Morgan fingerprint density at radius 3 is 2.03 bits per heavy atom. The molecule has 1 N–H and O–H groups in total. The van der Waals surface area contributed by atoms with Gasteiger partial charge in [0.1, 0.15) is 0 Å². The third kappa shape index (κ3) is 5.88. The lowest BCUT2D eigenvalue weighted by atomic mass is 9.79. The summed E-state index contributed by atoms with van der Waals surface area (Å²) in [4.78, 5) is 13.4. The number of methoxy groups -OCH3 is 2. The fourth-order valence-electron chi connectivity index (χ4n) is 4.56. The van der Waals surface area contributed by atoms with Crippen LogP contribution in [0.4, 0.5) is 0 Å². The normalized spacial score (nSPS) is 17.6. The Hall–Kier alpha value is -3.09. The van der Waals surface area contributed by atoms with Gasteiger partial charge in [-0.05, 0) is 63.4 Å². The number of benzene rings is 2. The van der Waals surface area contributed by atoms with E-state index in [2.05, 4.69) is 11.4 Å². The van der Waals surface area contributed by atoms with Crippen molar-refractivity contribution in [3.05, 3.63) is 41.5 Å². The zero-order chi connectivity index (χ0) is 24.5. The van der Waals surface area contributed by atoms with Crippen LogP contribution in [-0.4, -0.2) is 46.0 Å². The molecule has 1 aliphatic rings. The van der Waals surface area contributed by atoms with Gasteiger partial charge in [0, 0.05) is 17.5 Å². The van der Waals surface area contributed by atoms with E-state index in [-0.39, 0.29) is 17.9 Å². The summed E-state index contributed by atoms with van der Waals surface area (Å²) in [5.41, 5.74) is 1.63. The molecular weight excluding hydrogens is 434 g/mol. The smallest absolute Gasteiger partial charge is 0.251 e. The van der Waals surface area contributed by atoms with Crippen molar-refractivity contribution in [2.45, 2.75) is 58.4 Å². The minimum atomic E-state index is -0.151. The molecule has 2 aromatic rings. The number of ether oxygens (including phenoxy) is 5. The fourth-order valence-corrected chi connectivity index (χ4v) is 4.56. The van der Waals surface area contributed by atoms with Crippen molar-refractivity contribution in [1.29, 1.82) is 0 Å². The molecule has 3 rings (SSSR count). The van der Waals surface area contributed by atoms with Gasteiger partial charge in [-0.1, -0.05) is 18.9 Å². The minimum absolute atomic E-state index is 0.0111. The molecule has 1 amide bonds. The lowest BCUT2D eigenvalue weighted by Crippen LogP contribution is -2.41. The standard InChI is InChI=1S/C27H37NO6/c1-6-32-24-16-19(17-25(33-7-2)26(24)34-8-3)27(29)28-21-12-10-9-11-20(21)18-13-14-22(30-4)23(15-18)31-5/h13-17,20-21H,6-12H2,1-5H3,(H,28,29)/t20-,21-/m1/s1. The van der Waals surface area contributed by atoms with E-state index in [9.17, 15) is 4.79 Å². The summed E-state index contributed by atoms with van der Waals surface area (Å²) < 4.78 is 28.2. The van der Waals surface area contributed by atoms with E-state index in [0.29, 0.717) is 54.1 Å². The summed E-state index contributed by atoms with van der Waals surface area (Å²) in [7, 11) is 3.27. The van der Waals surface area contributed by atoms with Gasteiger partial charge in [-0.3, -0.25) is 4.79 Å². The van der Waals surface area contributed by atoms with Crippen molar-refractivity contribution in [2.24, 2.45) is 0 Å². The van der Waals surface area contributed by atoms with Crippen LogP contribution in [0.25, 0.3) is 0 Å². The van der Waals surface area contributed by atoms with Crippen molar-refractivity contribution in [1.82, 2.24) is 5.32 Å². The topological polar surface area (TPSA) is 75.3 Å². The van der Waals surface area contributed by atoms with Gasteiger partial charge >= 0.3 is 0 Å². The van der Waals surface area contributed by atoms with Gasteiger partial charge in [0.2, 0.25) is 5.75 Å². The summed E-state index contributed by atoms with van der Waals surface area (Å²) >= 11 is 0. The maximum atomic E-state index is 13.4. The van der Waals surface area contributed by atoms with Crippen LogP contribution in [0, 0.1) is 0 Å². The van der Waals surface area contributed by atoms with Gasteiger partial charge in [-0.15, -0.1) is 0 Å². The number of carbonyl (C=O) groups is 1. The van der Waals surface area contributed by atoms with Crippen LogP contribution in [0.1, 0.15) is 68.3 Å². The first-order valence-electron chi connectivity index (χ1n) is 12.1. The third-order valence-electron chi connectivity index (χ3n) is 6.09. The average molecular weight is 472 g/mol. The Kier molecular flexibility index (Phi) is 9.31. The van der Waals surface area contributed by atoms with Crippen molar-refractivity contribution < 1.29 is 28.5 Å². The number of hydrogen-bond acceptors (Lipinski definition) is 6. The Morgan fingerprint density at radius 1 is 0.824 bits per heavy atom. The van der Waals surface area contributed by atoms with Gasteiger partial charge < -0.3 is 29.0 Å². The zero-order valence-corrected chi connectivity index (χ0v) is 20.9. The second kappa shape index (κ2) is 12.4. The van der Waals surface area contributed by atoms with Gasteiger partial charge in [0.15, 0.2) is 23.0 Å². The lowest BCUT2D eigenvalue weighted by molar-refractivity contribution is 0.0919. The first-order valence-corrected chi connectivity index (χ1v) is 12.1. The largest absolute Gasteiger partial charge is 0.493 e. The molecule has 0 saturated heterocycles. The van der Waals surface area contributed by atoms with E-state index in [4.69, 9.17) is 23.7 Å². The number of hydrogen-bond donors (Lipinski definition) is 1. The van der Waals surface area contributed by atoms with Crippen LogP contribution < -0.4 is 29.0 Å². The van der Waals surface area contributed by atoms with Crippen molar-refractivity contribution >= 4 is 5.91 Å². The van der Waals surface area contributed by atoms with E-state index in [1.807, 2.05) is 32.9 Å². The molecule has 0 aliphatic heterocycles. The Morgan fingerprint density at radius 2 is 1.44 bits per heavy atom. The molecule has 7 heteroatoms. The monoisotopic (exact) mass is 471 g/mol. The first kappa shape index (κ1) is 25.5. The average Bonchev–Trinajstić information content (AvgIpc) is 2.86. The van der Waals surface area contributed by atoms with Gasteiger partial charge in [0.05, 0.1) is 34.0 Å². The molecule has 2 aromatic carbocycles. The molecule has 0 unspecified atom stereocenters. The maximum Gasteiger partial charge on any atom is 0.251 e. The number of carbonyl (C=O) groups excluding carboxylic acids is 1.